The SMILES string of the molecule is CC(C)(C)NCc1cc(F)cnc1Oc1ccccc1. The molecule has 20 heavy (non-hydrogen) atoms. The predicted octanol–water partition coefficient (Wildman–Crippen LogP) is 3.90. The van der Waals surface area contributed by atoms with E-state index < -0.39 is 0 Å². The quantitative estimate of drug-likeness (QED) is 0.918. The molecule has 0 saturated heterocycles. The van der Waals surface area contributed by atoms with Gasteiger partial charge in [-0.05, 0) is 39.0 Å². The van der Waals surface area contributed by atoms with Gasteiger partial charge in [0.05, 0.1) is 6.20 Å². The highest BCUT2D eigenvalue weighted by molar-refractivity contribution is 5.32. The van der Waals surface area contributed by atoms with E-state index in [-0.39, 0.29) is 11.4 Å². The third-order valence-electron chi connectivity index (χ3n) is 2.66. The Bertz CT molecular complexity index is 564. The van der Waals surface area contributed by atoms with Crippen LogP contribution in [0.5, 0.6) is 11.6 Å². The number of hydrogen-bond acceptors (Lipinski definition) is 3. The summed E-state index contributed by atoms with van der Waals surface area (Å²) in [5, 5.41) is 3.30. The van der Waals surface area contributed by atoms with E-state index in [9.17, 15) is 4.39 Å². The smallest absolute Gasteiger partial charge is 0.223 e. The molecule has 1 N–H and O–H groups in total. The minimum absolute atomic E-state index is 0.0592. The molecule has 0 radical (unpaired) electrons. The van der Waals surface area contributed by atoms with E-state index in [0.29, 0.717) is 23.7 Å². The molecule has 3 nitrogen and oxygen atoms in total. The van der Waals surface area contributed by atoms with Crippen LogP contribution in [0, 0.1) is 5.82 Å². The lowest BCUT2D eigenvalue weighted by Gasteiger charge is -2.21. The van der Waals surface area contributed by atoms with Gasteiger partial charge in [-0.15, -0.1) is 0 Å². The Morgan fingerprint density at radius 3 is 2.55 bits per heavy atom. The first-order valence-corrected chi connectivity index (χ1v) is 6.56. The lowest BCUT2D eigenvalue weighted by Crippen LogP contribution is -2.35. The van der Waals surface area contributed by atoms with E-state index in [1.165, 1.54) is 12.3 Å². The highest BCUT2D eigenvalue weighted by Crippen LogP contribution is 2.23. The first kappa shape index (κ1) is 14.5. The standard InChI is InChI=1S/C16H19FN2O/c1-16(2,3)19-10-12-9-13(17)11-18-15(12)20-14-7-5-4-6-8-14/h4-9,11,19H,10H2,1-3H3. The maximum absolute atomic E-state index is 13.4. The van der Waals surface area contributed by atoms with Gasteiger partial charge in [-0.2, -0.15) is 0 Å². The van der Waals surface area contributed by atoms with Crippen molar-refractivity contribution < 1.29 is 9.13 Å². The Labute approximate surface area is 118 Å². The third kappa shape index (κ3) is 4.31. The predicted molar refractivity (Wildman–Crippen MR) is 77.3 cm³/mol. The second kappa shape index (κ2) is 6.01. The summed E-state index contributed by atoms with van der Waals surface area (Å²) in [6, 6.07) is 10.8. The summed E-state index contributed by atoms with van der Waals surface area (Å²) in [5.74, 6) is 0.745. The van der Waals surface area contributed by atoms with Crippen LogP contribution in [0.15, 0.2) is 42.6 Å². The number of para-hydroxylation sites is 1. The monoisotopic (exact) mass is 274 g/mol. The van der Waals surface area contributed by atoms with Crippen LogP contribution in [0.2, 0.25) is 0 Å². The van der Waals surface area contributed by atoms with Crippen LogP contribution in [-0.4, -0.2) is 10.5 Å². The lowest BCUT2D eigenvalue weighted by atomic mass is 10.1. The molecule has 2 rings (SSSR count). The topological polar surface area (TPSA) is 34.2 Å². The molecular weight excluding hydrogens is 255 g/mol. The lowest BCUT2D eigenvalue weighted by molar-refractivity contribution is 0.407. The van der Waals surface area contributed by atoms with E-state index in [1.54, 1.807) is 0 Å². The molecule has 106 valence electrons. The number of pyridine rings is 1. The normalized spacial score (nSPS) is 11.4. The van der Waals surface area contributed by atoms with Crippen molar-refractivity contribution in [3.63, 3.8) is 0 Å². The maximum Gasteiger partial charge on any atom is 0.223 e. The number of rotatable bonds is 4. The molecule has 0 saturated carbocycles. The van der Waals surface area contributed by atoms with Gasteiger partial charge >= 0.3 is 0 Å². The van der Waals surface area contributed by atoms with Gasteiger partial charge in [0.2, 0.25) is 5.88 Å². The minimum atomic E-state index is -0.365. The number of benzene rings is 1. The second-order valence-electron chi connectivity index (χ2n) is 5.64. The Morgan fingerprint density at radius 1 is 1.20 bits per heavy atom. The van der Waals surface area contributed by atoms with Crippen LogP contribution in [0.25, 0.3) is 0 Å². The largest absolute Gasteiger partial charge is 0.439 e. The van der Waals surface area contributed by atoms with E-state index in [1.807, 2.05) is 30.3 Å². The van der Waals surface area contributed by atoms with Crippen molar-refractivity contribution in [2.45, 2.75) is 32.9 Å². The summed E-state index contributed by atoms with van der Waals surface area (Å²) in [6.45, 7) is 6.66. The highest BCUT2D eigenvalue weighted by Gasteiger charge is 2.13. The fraction of sp³-hybridized carbons (Fsp3) is 0.312. The van der Waals surface area contributed by atoms with Gasteiger partial charge < -0.3 is 10.1 Å². The fourth-order valence-electron chi connectivity index (χ4n) is 1.65. The highest BCUT2D eigenvalue weighted by atomic mass is 19.1. The molecule has 0 fully saturated rings. The van der Waals surface area contributed by atoms with Gasteiger partial charge in [-0.1, -0.05) is 18.2 Å². The van der Waals surface area contributed by atoms with Crippen LogP contribution < -0.4 is 10.1 Å². The molecule has 0 bridgehead atoms. The zero-order chi connectivity index (χ0) is 14.6. The van der Waals surface area contributed by atoms with Crippen molar-refractivity contribution in [1.82, 2.24) is 10.3 Å². The first-order chi connectivity index (χ1) is 9.44. The molecule has 0 amide bonds. The Kier molecular flexibility index (Phi) is 4.35. The van der Waals surface area contributed by atoms with Crippen molar-refractivity contribution in [3.05, 3.63) is 54.0 Å². The number of halogens is 1. The van der Waals surface area contributed by atoms with Gasteiger partial charge in [-0.25, -0.2) is 9.37 Å². The van der Waals surface area contributed by atoms with E-state index >= 15 is 0 Å². The van der Waals surface area contributed by atoms with Crippen molar-refractivity contribution in [2.75, 3.05) is 0 Å². The number of nitrogens with one attached hydrogen (secondary N) is 1. The first-order valence-electron chi connectivity index (χ1n) is 6.56. The van der Waals surface area contributed by atoms with E-state index in [2.05, 4.69) is 31.1 Å². The number of hydrogen-bond donors (Lipinski definition) is 1. The number of ether oxygens (including phenoxy) is 1. The maximum atomic E-state index is 13.4. The molecule has 0 unspecified atom stereocenters. The summed E-state index contributed by atoms with van der Waals surface area (Å²) in [5.41, 5.74) is 0.639. The minimum Gasteiger partial charge on any atom is -0.439 e. The van der Waals surface area contributed by atoms with Crippen LogP contribution in [0.3, 0.4) is 0 Å². The summed E-state index contributed by atoms with van der Waals surface area (Å²) >= 11 is 0. The molecule has 4 heteroatoms. The molecule has 1 heterocycles. The van der Waals surface area contributed by atoms with Crippen LogP contribution in [0.4, 0.5) is 4.39 Å². The van der Waals surface area contributed by atoms with Crippen molar-refractivity contribution in [3.8, 4) is 11.6 Å². The van der Waals surface area contributed by atoms with Crippen molar-refractivity contribution in [2.24, 2.45) is 0 Å². The van der Waals surface area contributed by atoms with Gasteiger partial charge in [0, 0.05) is 17.6 Å². The number of aromatic nitrogens is 1. The summed E-state index contributed by atoms with van der Waals surface area (Å²) in [6.07, 6.45) is 1.17. The molecule has 0 aliphatic rings. The van der Waals surface area contributed by atoms with Crippen LogP contribution >= 0.6 is 0 Å². The zero-order valence-electron chi connectivity index (χ0n) is 12.0. The average Bonchev–Trinajstić information content (AvgIpc) is 2.39. The Balaban J connectivity index is 2.19. The Hall–Kier alpha value is -1.94. The van der Waals surface area contributed by atoms with Crippen LogP contribution in [-0.2, 0) is 6.54 Å². The van der Waals surface area contributed by atoms with Crippen LogP contribution in [0.1, 0.15) is 26.3 Å². The van der Waals surface area contributed by atoms with E-state index in [0.717, 1.165) is 0 Å². The molecule has 0 spiro atoms. The van der Waals surface area contributed by atoms with Crippen molar-refractivity contribution >= 4 is 0 Å². The molecular formula is C16H19FN2O. The Morgan fingerprint density at radius 2 is 1.90 bits per heavy atom. The van der Waals surface area contributed by atoms with Gasteiger partial charge in [-0.3, -0.25) is 0 Å². The fourth-order valence-corrected chi connectivity index (χ4v) is 1.65. The zero-order valence-corrected chi connectivity index (χ0v) is 12.0. The summed E-state index contributed by atoms with van der Waals surface area (Å²) in [4.78, 5) is 4.04. The average molecular weight is 274 g/mol. The van der Waals surface area contributed by atoms with E-state index in [4.69, 9.17) is 4.74 Å². The third-order valence-corrected chi connectivity index (χ3v) is 2.66. The molecule has 1 aromatic carbocycles. The van der Waals surface area contributed by atoms with Gasteiger partial charge in [0.1, 0.15) is 11.6 Å². The van der Waals surface area contributed by atoms with Crippen molar-refractivity contribution in [1.29, 1.82) is 0 Å². The van der Waals surface area contributed by atoms with Gasteiger partial charge in [0.15, 0.2) is 0 Å². The number of nitrogens with zero attached hydrogens (tertiary/aromatic N) is 1. The molecule has 0 atom stereocenters. The second-order valence-corrected chi connectivity index (χ2v) is 5.64. The summed E-state index contributed by atoms with van der Waals surface area (Å²) in [7, 11) is 0. The summed E-state index contributed by atoms with van der Waals surface area (Å²) < 4.78 is 19.1. The molecule has 0 aliphatic carbocycles. The molecule has 2 aromatic rings. The molecule has 1 aromatic heterocycles. The molecule has 0 aliphatic heterocycles. The van der Waals surface area contributed by atoms with Gasteiger partial charge in [0.25, 0.3) is 0 Å².